The molecule has 1 aromatic rings. The minimum Gasteiger partial charge on any atom is -0.464 e. The highest BCUT2D eigenvalue weighted by atomic mass is 16.3. The quantitative estimate of drug-likeness (QED) is 0.870. The van der Waals surface area contributed by atoms with E-state index in [0.717, 1.165) is 63.0 Å². The van der Waals surface area contributed by atoms with E-state index >= 15 is 0 Å². The fraction of sp³-hybridized carbons (Fsp3) is 0.667. The lowest BCUT2D eigenvalue weighted by atomic mass is 10.1. The van der Waals surface area contributed by atoms with Gasteiger partial charge in [-0.15, -0.1) is 0 Å². The molecule has 132 valence electrons. The average molecular weight is 333 g/mol. The molecule has 1 unspecified atom stereocenters. The van der Waals surface area contributed by atoms with Crippen LogP contribution in [0.25, 0.3) is 0 Å². The number of rotatable bonds is 5. The summed E-state index contributed by atoms with van der Waals surface area (Å²) in [5.74, 6) is 1.77. The zero-order valence-corrected chi connectivity index (χ0v) is 14.3. The molecule has 0 bridgehead atoms. The largest absolute Gasteiger partial charge is 0.464 e. The van der Waals surface area contributed by atoms with Crippen molar-refractivity contribution >= 4 is 11.9 Å². The van der Waals surface area contributed by atoms with Crippen LogP contribution in [0.3, 0.4) is 0 Å². The van der Waals surface area contributed by atoms with E-state index < -0.39 is 0 Å². The molecule has 1 saturated carbocycles. The molecule has 0 aromatic carbocycles. The molecule has 0 radical (unpaired) electrons. The van der Waals surface area contributed by atoms with E-state index in [1.165, 1.54) is 0 Å². The molecule has 3 rings (SSSR count). The number of hydrogen-bond donors (Lipinski definition) is 2. The molecule has 2 aliphatic rings. The van der Waals surface area contributed by atoms with Gasteiger partial charge in [0, 0.05) is 19.0 Å². The van der Waals surface area contributed by atoms with Gasteiger partial charge in [-0.25, -0.2) is 4.79 Å². The summed E-state index contributed by atoms with van der Waals surface area (Å²) in [6, 6.07) is 4.01. The lowest BCUT2D eigenvalue weighted by molar-refractivity contribution is -0.132. The summed E-state index contributed by atoms with van der Waals surface area (Å²) in [4.78, 5) is 26.3. The van der Waals surface area contributed by atoms with Crippen molar-refractivity contribution in [1.82, 2.24) is 15.5 Å². The maximum absolute atomic E-state index is 12.7. The zero-order chi connectivity index (χ0) is 16.9. The van der Waals surface area contributed by atoms with Crippen LogP contribution in [-0.2, 0) is 11.2 Å². The van der Waals surface area contributed by atoms with Crippen LogP contribution in [0, 0.1) is 0 Å². The van der Waals surface area contributed by atoms with Crippen molar-refractivity contribution in [3.05, 3.63) is 23.7 Å². The van der Waals surface area contributed by atoms with Crippen LogP contribution in [0.1, 0.15) is 63.0 Å². The van der Waals surface area contributed by atoms with Crippen LogP contribution >= 0.6 is 0 Å². The van der Waals surface area contributed by atoms with E-state index in [1.54, 1.807) is 0 Å². The molecule has 0 spiro atoms. The number of urea groups is 1. The lowest BCUT2D eigenvalue weighted by Gasteiger charge is -2.29. The third-order valence-electron chi connectivity index (χ3n) is 4.75. The van der Waals surface area contributed by atoms with Gasteiger partial charge in [0.15, 0.2) is 0 Å². The molecular formula is C18H27N3O3. The van der Waals surface area contributed by atoms with E-state index in [0.29, 0.717) is 6.04 Å². The Kier molecular flexibility index (Phi) is 5.43. The van der Waals surface area contributed by atoms with Crippen LogP contribution in [0.5, 0.6) is 0 Å². The summed E-state index contributed by atoms with van der Waals surface area (Å²) in [5, 5.41) is 5.53. The fourth-order valence-corrected chi connectivity index (χ4v) is 3.19. The SMILES string of the molecule is CCc1ccc(C2CCCCCN2C(=O)CNC(=O)NC2CC2)o1. The third kappa shape index (κ3) is 4.30. The number of furan rings is 1. The average Bonchev–Trinajstić information content (AvgIpc) is 3.32. The molecular weight excluding hydrogens is 306 g/mol. The first-order valence-corrected chi connectivity index (χ1v) is 9.10. The van der Waals surface area contributed by atoms with Gasteiger partial charge < -0.3 is 20.0 Å². The second-order valence-corrected chi connectivity index (χ2v) is 6.71. The van der Waals surface area contributed by atoms with Crippen LogP contribution < -0.4 is 10.6 Å². The standard InChI is InChI=1S/C18H27N3O3/c1-2-14-9-10-16(24-14)15-6-4-3-5-11-21(15)17(22)12-19-18(23)20-13-7-8-13/h9-10,13,15H,2-8,11-12H2,1H3,(H2,19,20,23). The lowest BCUT2D eigenvalue weighted by Crippen LogP contribution is -2.45. The van der Waals surface area contributed by atoms with Crippen LogP contribution in [-0.4, -0.2) is 36.0 Å². The van der Waals surface area contributed by atoms with Gasteiger partial charge in [0.1, 0.15) is 11.5 Å². The minimum atomic E-state index is -0.247. The number of likely N-dealkylation sites (tertiary alicyclic amines) is 1. The first-order chi connectivity index (χ1) is 11.7. The molecule has 1 aromatic heterocycles. The van der Waals surface area contributed by atoms with E-state index in [2.05, 4.69) is 17.6 Å². The number of nitrogens with zero attached hydrogens (tertiary/aromatic N) is 1. The van der Waals surface area contributed by atoms with Crippen molar-refractivity contribution in [2.75, 3.05) is 13.1 Å². The normalized spacial score (nSPS) is 21.2. The molecule has 2 fully saturated rings. The van der Waals surface area contributed by atoms with Crippen molar-refractivity contribution in [1.29, 1.82) is 0 Å². The van der Waals surface area contributed by atoms with Crippen molar-refractivity contribution in [3.63, 3.8) is 0 Å². The summed E-state index contributed by atoms with van der Waals surface area (Å²) in [5.41, 5.74) is 0. The molecule has 2 N–H and O–H groups in total. The van der Waals surface area contributed by atoms with Gasteiger partial charge in [0.2, 0.25) is 5.91 Å². The van der Waals surface area contributed by atoms with Crippen LogP contribution in [0.4, 0.5) is 4.79 Å². The van der Waals surface area contributed by atoms with E-state index in [-0.39, 0.29) is 24.5 Å². The van der Waals surface area contributed by atoms with Gasteiger partial charge in [-0.3, -0.25) is 4.79 Å². The highest BCUT2D eigenvalue weighted by Gasteiger charge is 2.29. The number of nitrogens with one attached hydrogen (secondary N) is 2. The topological polar surface area (TPSA) is 74.6 Å². The monoisotopic (exact) mass is 333 g/mol. The molecule has 1 saturated heterocycles. The first-order valence-electron chi connectivity index (χ1n) is 9.10. The molecule has 1 atom stereocenters. The molecule has 1 aliphatic heterocycles. The minimum absolute atomic E-state index is 0.0198. The maximum Gasteiger partial charge on any atom is 0.315 e. The third-order valence-corrected chi connectivity index (χ3v) is 4.75. The maximum atomic E-state index is 12.7. The number of amides is 3. The van der Waals surface area contributed by atoms with Gasteiger partial charge in [-0.2, -0.15) is 0 Å². The molecule has 24 heavy (non-hydrogen) atoms. The van der Waals surface area contributed by atoms with E-state index in [4.69, 9.17) is 4.42 Å². The summed E-state index contributed by atoms with van der Waals surface area (Å²) in [6.07, 6.45) is 7.04. The van der Waals surface area contributed by atoms with Gasteiger partial charge in [-0.05, 0) is 37.8 Å². The summed E-state index contributed by atoms with van der Waals surface area (Å²) in [7, 11) is 0. The molecule has 1 aliphatic carbocycles. The number of aryl methyl sites for hydroxylation is 1. The highest BCUT2D eigenvalue weighted by Crippen LogP contribution is 2.31. The second-order valence-electron chi connectivity index (χ2n) is 6.71. The van der Waals surface area contributed by atoms with E-state index in [9.17, 15) is 9.59 Å². The molecule has 6 heteroatoms. The number of carbonyl (C=O) groups is 2. The Morgan fingerprint density at radius 3 is 2.75 bits per heavy atom. The summed E-state index contributed by atoms with van der Waals surface area (Å²) in [6.45, 7) is 2.81. The Bertz CT molecular complexity index is 580. The Labute approximate surface area is 143 Å². The Morgan fingerprint density at radius 2 is 2.04 bits per heavy atom. The van der Waals surface area contributed by atoms with Crippen molar-refractivity contribution in [3.8, 4) is 0 Å². The molecule has 3 amide bonds. The highest BCUT2D eigenvalue weighted by molar-refractivity contribution is 5.84. The van der Waals surface area contributed by atoms with Gasteiger partial charge in [0.25, 0.3) is 0 Å². The van der Waals surface area contributed by atoms with Gasteiger partial charge in [0.05, 0.1) is 12.6 Å². The summed E-state index contributed by atoms with van der Waals surface area (Å²) < 4.78 is 5.90. The molecule has 2 heterocycles. The zero-order valence-electron chi connectivity index (χ0n) is 14.3. The Hall–Kier alpha value is -1.98. The van der Waals surface area contributed by atoms with Crippen molar-refractivity contribution in [2.45, 2.75) is 64.0 Å². The smallest absolute Gasteiger partial charge is 0.315 e. The Balaban J connectivity index is 1.62. The Morgan fingerprint density at radius 1 is 1.21 bits per heavy atom. The van der Waals surface area contributed by atoms with Crippen LogP contribution in [0.2, 0.25) is 0 Å². The van der Waals surface area contributed by atoms with Crippen LogP contribution in [0.15, 0.2) is 16.5 Å². The predicted molar refractivity (Wildman–Crippen MR) is 90.6 cm³/mol. The molecule has 6 nitrogen and oxygen atoms in total. The van der Waals surface area contributed by atoms with Gasteiger partial charge in [-0.1, -0.05) is 19.8 Å². The van der Waals surface area contributed by atoms with Crippen molar-refractivity contribution < 1.29 is 14.0 Å². The number of hydrogen-bond acceptors (Lipinski definition) is 3. The summed E-state index contributed by atoms with van der Waals surface area (Å²) >= 11 is 0. The second kappa shape index (κ2) is 7.73. The predicted octanol–water partition coefficient (Wildman–Crippen LogP) is 2.75. The first kappa shape index (κ1) is 16.9. The van der Waals surface area contributed by atoms with Gasteiger partial charge >= 0.3 is 6.03 Å². The van der Waals surface area contributed by atoms with E-state index in [1.807, 2.05) is 17.0 Å². The fourth-order valence-electron chi connectivity index (χ4n) is 3.19. The van der Waals surface area contributed by atoms with Crippen molar-refractivity contribution in [2.24, 2.45) is 0 Å². The number of carbonyl (C=O) groups excluding carboxylic acids is 2.